The van der Waals surface area contributed by atoms with Gasteiger partial charge in [0.2, 0.25) is 0 Å². The van der Waals surface area contributed by atoms with Crippen molar-refractivity contribution in [3.8, 4) is 0 Å². The van der Waals surface area contributed by atoms with Gasteiger partial charge in [0.25, 0.3) is 0 Å². The minimum Gasteiger partial charge on any atom is -0.310 e. The smallest absolute Gasteiger partial charge is 0.0348 e. The lowest BCUT2D eigenvalue weighted by Crippen LogP contribution is -2.27. The summed E-state index contributed by atoms with van der Waals surface area (Å²) in [6.07, 6.45) is 5.59. The van der Waals surface area contributed by atoms with Crippen molar-refractivity contribution in [2.24, 2.45) is 5.92 Å². The molecule has 106 valence electrons. The van der Waals surface area contributed by atoms with Crippen LogP contribution < -0.4 is 5.32 Å². The van der Waals surface area contributed by atoms with Crippen LogP contribution in [0.25, 0.3) is 0 Å². The monoisotopic (exact) mass is 259 g/mol. The fourth-order valence-electron chi connectivity index (χ4n) is 3.26. The summed E-state index contributed by atoms with van der Waals surface area (Å²) in [6.45, 7) is 10.1. The Morgan fingerprint density at radius 2 is 1.68 bits per heavy atom. The largest absolute Gasteiger partial charge is 0.310 e. The maximum absolute atomic E-state index is 3.70. The molecule has 1 aliphatic rings. The van der Waals surface area contributed by atoms with Crippen LogP contribution in [0.2, 0.25) is 0 Å². The predicted molar refractivity (Wildman–Crippen MR) is 83.5 cm³/mol. The van der Waals surface area contributed by atoms with E-state index in [4.69, 9.17) is 0 Å². The minimum absolute atomic E-state index is 0.250. The van der Waals surface area contributed by atoms with Crippen LogP contribution in [0.15, 0.2) is 24.3 Å². The van der Waals surface area contributed by atoms with Gasteiger partial charge in [0.05, 0.1) is 0 Å². The van der Waals surface area contributed by atoms with E-state index in [1.54, 1.807) is 0 Å². The lowest BCUT2D eigenvalue weighted by molar-refractivity contribution is 0.374. The molecule has 0 saturated heterocycles. The van der Waals surface area contributed by atoms with Gasteiger partial charge < -0.3 is 5.32 Å². The summed E-state index contributed by atoms with van der Waals surface area (Å²) in [4.78, 5) is 0. The fraction of sp³-hybridized carbons (Fsp3) is 0.667. The number of nitrogens with one attached hydrogen (secondary N) is 1. The van der Waals surface area contributed by atoms with Gasteiger partial charge in [0.1, 0.15) is 0 Å². The highest BCUT2D eigenvalue weighted by atomic mass is 14.9. The number of hydrogen-bond acceptors (Lipinski definition) is 1. The fourth-order valence-corrected chi connectivity index (χ4v) is 3.26. The van der Waals surface area contributed by atoms with E-state index in [9.17, 15) is 0 Å². The first-order valence-electron chi connectivity index (χ1n) is 7.86. The molecular weight excluding hydrogens is 230 g/mol. The van der Waals surface area contributed by atoms with Crippen molar-refractivity contribution in [1.82, 2.24) is 5.32 Å². The van der Waals surface area contributed by atoms with Crippen LogP contribution in [-0.4, -0.2) is 6.54 Å². The van der Waals surface area contributed by atoms with Crippen molar-refractivity contribution >= 4 is 0 Å². The first-order chi connectivity index (χ1) is 9.02. The topological polar surface area (TPSA) is 12.0 Å². The molecule has 0 heterocycles. The number of benzene rings is 1. The molecule has 0 aromatic heterocycles. The molecule has 1 N–H and O–H groups in total. The van der Waals surface area contributed by atoms with Gasteiger partial charge in [-0.25, -0.2) is 0 Å². The summed E-state index contributed by atoms with van der Waals surface area (Å²) >= 11 is 0. The summed E-state index contributed by atoms with van der Waals surface area (Å²) in [7, 11) is 0. The van der Waals surface area contributed by atoms with Crippen LogP contribution >= 0.6 is 0 Å². The molecule has 1 fully saturated rings. The van der Waals surface area contributed by atoms with Crippen molar-refractivity contribution in [2.75, 3.05) is 6.54 Å². The van der Waals surface area contributed by atoms with Gasteiger partial charge >= 0.3 is 0 Å². The highest BCUT2D eigenvalue weighted by molar-refractivity contribution is 5.29. The molecule has 1 saturated carbocycles. The molecule has 2 rings (SSSR count). The summed E-state index contributed by atoms with van der Waals surface area (Å²) in [5, 5.41) is 3.70. The van der Waals surface area contributed by atoms with Crippen molar-refractivity contribution in [3.05, 3.63) is 35.4 Å². The van der Waals surface area contributed by atoms with E-state index in [-0.39, 0.29) is 5.41 Å². The zero-order chi connectivity index (χ0) is 13.9. The van der Waals surface area contributed by atoms with E-state index in [2.05, 4.69) is 57.3 Å². The van der Waals surface area contributed by atoms with Crippen molar-refractivity contribution in [2.45, 2.75) is 64.8 Å². The zero-order valence-electron chi connectivity index (χ0n) is 13.0. The Balaban J connectivity index is 2.17. The lowest BCUT2D eigenvalue weighted by atomic mass is 9.84. The molecule has 1 aromatic rings. The second-order valence-electron chi connectivity index (χ2n) is 6.95. The standard InChI is InChI=1S/C18H29N/c1-5-19-17(14-8-6-7-9-14)15-10-12-16(13-11-15)18(2,3)4/h10-14,17,19H,5-9H2,1-4H3. The number of rotatable bonds is 4. The second-order valence-corrected chi connectivity index (χ2v) is 6.95. The quantitative estimate of drug-likeness (QED) is 0.817. The van der Waals surface area contributed by atoms with Crippen LogP contribution in [0.1, 0.15) is 70.5 Å². The average Bonchev–Trinajstić information content (AvgIpc) is 2.89. The Kier molecular flexibility index (Phi) is 4.67. The first kappa shape index (κ1) is 14.6. The number of hydrogen-bond donors (Lipinski definition) is 1. The van der Waals surface area contributed by atoms with E-state index < -0.39 is 0 Å². The maximum Gasteiger partial charge on any atom is 0.0348 e. The molecule has 1 unspecified atom stereocenters. The Morgan fingerprint density at radius 3 is 2.16 bits per heavy atom. The minimum atomic E-state index is 0.250. The molecule has 0 radical (unpaired) electrons. The Labute approximate surface area is 118 Å². The third kappa shape index (κ3) is 3.60. The van der Waals surface area contributed by atoms with E-state index in [1.807, 2.05) is 0 Å². The zero-order valence-corrected chi connectivity index (χ0v) is 13.0. The van der Waals surface area contributed by atoms with Crippen molar-refractivity contribution in [3.63, 3.8) is 0 Å². The normalized spacial score (nSPS) is 18.7. The second kappa shape index (κ2) is 6.09. The molecule has 1 heteroatoms. The Morgan fingerprint density at radius 1 is 1.11 bits per heavy atom. The molecule has 0 spiro atoms. The Hall–Kier alpha value is -0.820. The average molecular weight is 259 g/mol. The summed E-state index contributed by atoms with van der Waals surface area (Å²) in [6, 6.07) is 9.86. The van der Waals surface area contributed by atoms with Gasteiger partial charge in [-0.2, -0.15) is 0 Å². The van der Waals surface area contributed by atoms with Gasteiger partial charge in [-0.3, -0.25) is 0 Å². The van der Waals surface area contributed by atoms with Gasteiger partial charge in [0.15, 0.2) is 0 Å². The molecule has 1 nitrogen and oxygen atoms in total. The van der Waals surface area contributed by atoms with E-state index in [0.29, 0.717) is 6.04 Å². The molecule has 0 bridgehead atoms. The molecule has 1 aliphatic carbocycles. The van der Waals surface area contributed by atoms with Crippen LogP contribution in [-0.2, 0) is 5.41 Å². The predicted octanol–water partition coefficient (Wildman–Crippen LogP) is 4.82. The van der Waals surface area contributed by atoms with Gasteiger partial charge in [-0.15, -0.1) is 0 Å². The van der Waals surface area contributed by atoms with E-state index >= 15 is 0 Å². The molecule has 0 aliphatic heterocycles. The molecular formula is C18H29N. The molecule has 0 amide bonds. The first-order valence-corrected chi connectivity index (χ1v) is 7.86. The summed E-state index contributed by atoms with van der Waals surface area (Å²) in [5.74, 6) is 0.834. The third-order valence-electron chi connectivity index (χ3n) is 4.43. The van der Waals surface area contributed by atoms with Crippen molar-refractivity contribution < 1.29 is 0 Å². The van der Waals surface area contributed by atoms with E-state index in [1.165, 1.54) is 36.8 Å². The molecule has 1 atom stereocenters. The Bertz CT molecular complexity index is 379. The summed E-state index contributed by atoms with van der Waals surface area (Å²) in [5.41, 5.74) is 3.15. The van der Waals surface area contributed by atoms with Gasteiger partial charge in [-0.1, -0.05) is 64.8 Å². The van der Waals surface area contributed by atoms with Crippen LogP contribution in [0, 0.1) is 5.92 Å². The highest BCUT2D eigenvalue weighted by Crippen LogP contribution is 2.36. The molecule has 1 aromatic carbocycles. The van der Waals surface area contributed by atoms with Crippen LogP contribution in [0.3, 0.4) is 0 Å². The SMILES string of the molecule is CCNC(c1ccc(C(C)(C)C)cc1)C1CCCC1. The van der Waals surface area contributed by atoms with Gasteiger partial charge in [0, 0.05) is 6.04 Å². The lowest BCUT2D eigenvalue weighted by Gasteiger charge is -2.26. The summed E-state index contributed by atoms with van der Waals surface area (Å²) < 4.78 is 0. The van der Waals surface area contributed by atoms with Crippen LogP contribution in [0.4, 0.5) is 0 Å². The van der Waals surface area contributed by atoms with Gasteiger partial charge in [-0.05, 0) is 41.8 Å². The molecule has 19 heavy (non-hydrogen) atoms. The third-order valence-corrected chi connectivity index (χ3v) is 4.43. The van der Waals surface area contributed by atoms with Crippen LogP contribution in [0.5, 0.6) is 0 Å². The maximum atomic E-state index is 3.70. The van der Waals surface area contributed by atoms with Crippen molar-refractivity contribution in [1.29, 1.82) is 0 Å². The van der Waals surface area contributed by atoms with E-state index in [0.717, 1.165) is 12.5 Å². The highest BCUT2D eigenvalue weighted by Gasteiger charge is 2.25.